The molecule has 2 aromatic rings. The number of aliphatic carboxylic acids is 2. The van der Waals surface area contributed by atoms with Gasteiger partial charge in [-0.15, -0.1) is 0 Å². The van der Waals surface area contributed by atoms with Crippen molar-refractivity contribution in [1.29, 1.82) is 0 Å². The van der Waals surface area contributed by atoms with Crippen LogP contribution in [0.1, 0.15) is 62.5 Å². The van der Waals surface area contributed by atoms with Crippen LogP contribution in [-0.4, -0.2) is 227 Å². The number of benzene rings is 2. The molecule has 10 atom stereocenters. The normalized spacial score (nSPS) is 14.0. The highest BCUT2D eigenvalue weighted by Gasteiger charge is 2.35. The van der Waals surface area contributed by atoms with Gasteiger partial charge in [-0.1, -0.05) is 60.7 Å². The van der Waals surface area contributed by atoms with E-state index in [4.69, 9.17) is 34.4 Å². The molecule has 27 N–H and O–H groups in total. The zero-order valence-electron chi connectivity index (χ0n) is 51.3. The van der Waals surface area contributed by atoms with E-state index in [0.717, 1.165) is 5.56 Å². The Morgan fingerprint density at radius 1 is 0.426 bits per heavy atom. The van der Waals surface area contributed by atoms with Gasteiger partial charge >= 0.3 is 11.9 Å². The summed E-state index contributed by atoms with van der Waals surface area (Å²) in [6.07, 6.45) is -0.511. The molecule has 38 heteroatoms. The second kappa shape index (κ2) is 44.2. The van der Waals surface area contributed by atoms with Crippen molar-refractivity contribution in [2.75, 3.05) is 57.4 Å². The number of nitrogens with one attached hydrogen (secondary N) is 11. The minimum atomic E-state index is -1.86. The zero-order chi connectivity index (χ0) is 70.3. The molecule has 0 radical (unpaired) electrons. The highest BCUT2D eigenvalue weighted by molar-refractivity contribution is 7.80. The van der Waals surface area contributed by atoms with Crippen LogP contribution in [0.15, 0.2) is 70.6 Å². The summed E-state index contributed by atoms with van der Waals surface area (Å²) in [7, 11) is 0. The molecule has 0 bridgehead atoms. The second-order valence-corrected chi connectivity index (χ2v) is 21.7. The number of carboxylic acids is 2. The van der Waals surface area contributed by atoms with Crippen LogP contribution in [0, 0.1) is 0 Å². The van der Waals surface area contributed by atoms with Gasteiger partial charge in [-0.3, -0.25) is 67.5 Å². The van der Waals surface area contributed by atoms with Crippen LogP contribution >= 0.6 is 25.3 Å². The van der Waals surface area contributed by atoms with E-state index in [2.05, 4.69) is 93.7 Å². The number of aliphatic imine (C=N–C) groups is 2. The summed E-state index contributed by atoms with van der Waals surface area (Å²) < 4.78 is 0. The number of rotatable bonds is 45. The molecule has 0 aliphatic rings. The molecular formula is C56H87N19O17S2. The van der Waals surface area contributed by atoms with Gasteiger partial charge in [-0.05, 0) is 69.0 Å². The van der Waals surface area contributed by atoms with Crippen molar-refractivity contribution >= 4 is 114 Å². The summed E-state index contributed by atoms with van der Waals surface area (Å²) >= 11 is 8.23. The smallest absolute Gasteiger partial charge is 0.326 e. The maximum absolute atomic E-state index is 13.8. The maximum atomic E-state index is 13.8. The lowest BCUT2D eigenvalue weighted by molar-refractivity contribution is -0.142. The van der Waals surface area contributed by atoms with E-state index < -0.39 is 176 Å². The number of carbonyl (C=O) groups excluding carboxylic acids is 11. The predicted octanol–water partition coefficient (Wildman–Crippen LogP) is -8.97. The zero-order valence-corrected chi connectivity index (χ0v) is 53.1. The fourth-order valence-corrected chi connectivity index (χ4v) is 8.97. The molecule has 11 amide bonds. The van der Waals surface area contributed by atoms with Gasteiger partial charge < -0.3 is 113 Å². The lowest BCUT2D eigenvalue weighted by Gasteiger charge is -2.25. The SMILES string of the molecule is NCCCC[C@H](NC(=O)[C@H](CO)NC(=O)[C@H](CO)NC(=O)[C@H](CS)NC(=O)CNC(=O)[C@H](Cc1ccccc1)NC(=O)[C@H](CC(=O)O)NC(=O)[C@H](CS)NC(=O)[C@@H](N)Cc1ccccc1)C(=O)NCC(=O)N[C@@H](CCCN=C(N)N)C(=O)N[C@@H](CCCN=C(N)N)C(=O)O. The number of aliphatic hydroxyl groups excluding tert-OH is 2. The lowest BCUT2D eigenvalue weighted by atomic mass is 10.0. The largest absolute Gasteiger partial charge is 0.481 e. The van der Waals surface area contributed by atoms with E-state index in [0.29, 0.717) is 12.0 Å². The number of thiol groups is 2. The average molecular weight is 1360 g/mol. The molecule has 0 spiro atoms. The third-order valence-corrected chi connectivity index (χ3v) is 14.2. The third kappa shape index (κ3) is 31.8. The van der Waals surface area contributed by atoms with Crippen LogP contribution in [0.25, 0.3) is 0 Å². The Morgan fingerprint density at radius 3 is 1.24 bits per heavy atom. The molecule has 0 saturated heterocycles. The van der Waals surface area contributed by atoms with Crippen molar-refractivity contribution in [1.82, 2.24) is 58.5 Å². The molecular weight excluding hydrogens is 1270 g/mol. The molecule has 0 heterocycles. The Bertz CT molecular complexity index is 2910. The summed E-state index contributed by atoms with van der Waals surface area (Å²) in [5.74, 6) is -15.4. The first-order chi connectivity index (χ1) is 44.7. The Morgan fingerprint density at radius 2 is 0.787 bits per heavy atom. The van der Waals surface area contributed by atoms with Gasteiger partial charge in [0.25, 0.3) is 0 Å². The minimum absolute atomic E-state index is 0.0227. The summed E-state index contributed by atoms with van der Waals surface area (Å²) in [6.45, 7) is -3.60. The number of guanidine groups is 2. The number of nitrogens with two attached hydrogens (primary N) is 6. The molecule has 2 aromatic carbocycles. The van der Waals surface area contributed by atoms with Gasteiger partial charge in [0.05, 0.1) is 38.8 Å². The van der Waals surface area contributed by atoms with E-state index >= 15 is 0 Å². The number of amides is 11. The Hall–Kier alpha value is -9.37. The minimum Gasteiger partial charge on any atom is -0.481 e. The van der Waals surface area contributed by atoms with Crippen LogP contribution in [0.5, 0.6) is 0 Å². The molecule has 0 aliphatic carbocycles. The van der Waals surface area contributed by atoms with E-state index in [1.54, 1.807) is 60.7 Å². The Labute approximate surface area is 551 Å². The van der Waals surface area contributed by atoms with Gasteiger partial charge in [0.15, 0.2) is 11.9 Å². The van der Waals surface area contributed by atoms with Crippen molar-refractivity contribution in [3.63, 3.8) is 0 Å². The molecule has 2 rings (SSSR count). The summed E-state index contributed by atoms with van der Waals surface area (Å²) in [5, 5.41) is 65.3. The van der Waals surface area contributed by atoms with E-state index in [9.17, 15) is 82.8 Å². The summed E-state index contributed by atoms with van der Waals surface area (Å²) in [5.41, 5.74) is 34.3. The van der Waals surface area contributed by atoms with Crippen molar-refractivity contribution in [3.8, 4) is 0 Å². The van der Waals surface area contributed by atoms with Gasteiger partial charge in [-0.25, -0.2) is 4.79 Å². The molecule has 0 unspecified atom stereocenters. The van der Waals surface area contributed by atoms with Gasteiger partial charge in [0, 0.05) is 31.0 Å². The van der Waals surface area contributed by atoms with Gasteiger partial charge in [0.2, 0.25) is 65.0 Å². The van der Waals surface area contributed by atoms with Crippen molar-refractivity contribution in [2.24, 2.45) is 44.4 Å². The molecule has 36 nitrogen and oxygen atoms in total. The standard InChI is InChI=1S/C56H87N19O17S2/c57-18-8-7-15-33(46(83)65-24-42(78)67-34(16-9-19-63-55(59)60)48(85)70-35(54(91)92)17-10-20-64-56(61)62)69-50(87)38(26-76)73-51(88)39(27-77)74-52(89)40(28-93)68-43(79)25-66-47(84)36(22-31-13-5-2-6-14-31)71-49(86)37(23-44(80)81)72-53(90)41(29-94)75-45(82)32(58)21-30-11-3-1-4-12-30/h1-6,11-14,32-41,76-77,93-94H,7-10,15-29,57-58H2,(H,65,83)(H,66,84)(H,67,78)(H,68,79)(H,69,87)(H,70,85)(H,71,86)(H,72,90)(H,73,88)(H,74,89)(H,75,82)(H,80,81)(H,91,92)(H4,59,60,63)(H4,61,62,64)/t32-,33-,34-,35-,36-,37-,38-,39-,40-,41-/m0/s1. The fourth-order valence-electron chi connectivity index (χ4n) is 8.46. The maximum Gasteiger partial charge on any atom is 0.326 e. The van der Waals surface area contributed by atoms with E-state index in [1.165, 1.54) is 0 Å². The van der Waals surface area contributed by atoms with E-state index in [1.807, 2.05) is 0 Å². The molecule has 0 fully saturated rings. The van der Waals surface area contributed by atoms with Crippen molar-refractivity contribution in [2.45, 2.75) is 125 Å². The highest BCUT2D eigenvalue weighted by atomic mass is 32.1. The summed E-state index contributed by atoms with van der Waals surface area (Å²) in [4.78, 5) is 179. The monoisotopic (exact) mass is 1360 g/mol. The molecule has 0 aromatic heterocycles. The predicted molar refractivity (Wildman–Crippen MR) is 346 cm³/mol. The van der Waals surface area contributed by atoms with Crippen molar-refractivity contribution < 1.29 is 82.8 Å². The second-order valence-electron chi connectivity index (χ2n) is 20.9. The number of hydrogen-bond acceptors (Lipinski definition) is 21. The number of hydrogen-bond donors (Lipinski definition) is 23. The van der Waals surface area contributed by atoms with Crippen LogP contribution < -0.4 is 92.9 Å². The van der Waals surface area contributed by atoms with E-state index in [-0.39, 0.29) is 88.7 Å². The fraction of sp³-hybridized carbons (Fsp3) is 0.518. The molecule has 0 aliphatic heterocycles. The molecule has 0 saturated carbocycles. The first-order valence-electron chi connectivity index (χ1n) is 29.5. The van der Waals surface area contributed by atoms with Crippen LogP contribution in [-0.2, 0) is 75.2 Å². The number of aliphatic hydroxyl groups is 2. The Balaban J connectivity index is 2.14. The number of unbranched alkanes of at least 4 members (excludes halogenated alkanes) is 1. The number of nitrogens with zero attached hydrogens (tertiary/aromatic N) is 2. The number of carbonyl (C=O) groups is 13. The van der Waals surface area contributed by atoms with Crippen LogP contribution in [0.3, 0.4) is 0 Å². The quantitative estimate of drug-likeness (QED) is 0.0127. The van der Waals surface area contributed by atoms with Gasteiger partial charge in [0.1, 0.15) is 54.4 Å². The lowest BCUT2D eigenvalue weighted by Crippen LogP contribution is -2.60. The van der Waals surface area contributed by atoms with Crippen LogP contribution in [0.2, 0.25) is 0 Å². The Kier molecular flexibility index (Phi) is 38.0. The first-order valence-corrected chi connectivity index (χ1v) is 30.7. The average Bonchev–Trinajstić information content (AvgIpc) is 1.08. The third-order valence-electron chi connectivity index (χ3n) is 13.4. The van der Waals surface area contributed by atoms with Crippen molar-refractivity contribution in [3.05, 3.63) is 71.8 Å². The highest BCUT2D eigenvalue weighted by Crippen LogP contribution is 2.09. The molecule has 94 heavy (non-hydrogen) atoms. The first kappa shape index (κ1) is 80.7. The van der Waals surface area contributed by atoms with Crippen LogP contribution in [0.4, 0.5) is 0 Å². The number of carboxylic acid groups (broad SMARTS) is 2. The summed E-state index contributed by atoms with van der Waals surface area (Å²) in [6, 6.07) is 1.52. The molecule has 520 valence electrons. The topological polar surface area (TPSA) is 616 Å². The van der Waals surface area contributed by atoms with Gasteiger partial charge in [-0.2, -0.15) is 25.3 Å².